The lowest BCUT2D eigenvalue weighted by molar-refractivity contribution is -0.402. The second-order valence-corrected chi connectivity index (χ2v) is 5.94. The van der Waals surface area contributed by atoms with Gasteiger partial charge in [0.2, 0.25) is 0 Å². The van der Waals surface area contributed by atoms with Crippen molar-refractivity contribution in [3.8, 4) is 0 Å². The quantitative estimate of drug-likeness (QED) is 0.673. The number of nitrogens with one attached hydrogen (secondary N) is 1. The Bertz CT molecular complexity index is 728. The first-order valence-electron chi connectivity index (χ1n) is 7.88. The van der Waals surface area contributed by atoms with E-state index in [1.165, 1.54) is 17.7 Å². The summed E-state index contributed by atoms with van der Waals surface area (Å²) in [5.74, 6) is -0.871. The van der Waals surface area contributed by atoms with Gasteiger partial charge in [0.25, 0.3) is 5.91 Å². The largest absolute Gasteiger partial charge is 0.433 e. The minimum atomic E-state index is -0.657. The van der Waals surface area contributed by atoms with Gasteiger partial charge in [-0.1, -0.05) is 30.3 Å². The number of carbonyl (C=O) groups is 1. The normalized spacial score (nSPS) is 19.1. The molecular weight excluding hydrogens is 310 g/mol. The molecule has 3 rings (SSSR count). The molecule has 0 spiro atoms. The number of amides is 1. The van der Waals surface area contributed by atoms with E-state index in [1.54, 1.807) is 0 Å². The van der Waals surface area contributed by atoms with E-state index in [1.807, 2.05) is 18.2 Å². The Hall–Kier alpha value is -2.67. The molecule has 7 nitrogen and oxygen atoms in total. The van der Waals surface area contributed by atoms with E-state index in [-0.39, 0.29) is 17.8 Å². The van der Waals surface area contributed by atoms with Crippen LogP contribution in [0.1, 0.15) is 35.5 Å². The first kappa shape index (κ1) is 16.2. The van der Waals surface area contributed by atoms with Crippen LogP contribution in [0.4, 0.5) is 5.88 Å². The molecular formula is C17H19N3O4. The number of benzene rings is 1. The molecule has 7 heteroatoms. The van der Waals surface area contributed by atoms with Crippen LogP contribution in [0, 0.1) is 10.1 Å². The molecule has 0 bridgehead atoms. The highest BCUT2D eigenvalue weighted by molar-refractivity contribution is 5.91. The monoisotopic (exact) mass is 329 g/mol. The van der Waals surface area contributed by atoms with E-state index in [2.05, 4.69) is 29.3 Å². The number of hydrogen-bond acceptors (Lipinski definition) is 5. The number of hydrogen-bond donors (Lipinski definition) is 1. The SMILES string of the molecule is C[C@H](c1ccccc1)N1CC[C@H](NC(=O)c2ccc([N+](=O)[O-])o2)C1. The highest BCUT2D eigenvalue weighted by atomic mass is 16.6. The molecule has 1 saturated heterocycles. The summed E-state index contributed by atoms with van der Waals surface area (Å²) in [4.78, 5) is 24.4. The Morgan fingerprint density at radius 3 is 2.75 bits per heavy atom. The van der Waals surface area contributed by atoms with Crippen molar-refractivity contribution in [2.45, 2.75) is 25.4 Å². The highest BCUT2D eigenvalue weighted by Gasteiger charge is 2.29. The fourth-order valence-corrected chi connectivity index (χ4v) is 3.00. The fourth-order valence-electron chi connectivity index (χ4n) is 3.00. The van der Waals surface area contributed by atoms with E-state index in [0.29, 0.717) is 0 Å². The van der Waals surface area contributed by atoms with Gasteiger partial charge in [-0.25, -0.2) is 0 Å². The summed E-state index contributed by atoms with van der Waals surface area (Å²) in [6.07, 6.45) is 0.839. The van der Waals surface area contributed by atoms with Gasteiger partial charge < -0.3 is 9.73 Å². The summed E-state index contributed by atoms with van der Waals surface area (Å²) in [6.45, 7) is 3.78. The Balaban J connectivity index is 1.57. The average Bonchev–Trinajstić information content (AvgIpc) is 3.24. The number of carbonyl (C=O) groups excluding carboxylic acids is 1. The molecule has 0 unspecified atom stereocenters. The minimum absolute atomic E-state index is 0.00724. The van der Waals surface area contributed by atoms with Gasteiger partial charge in [0.05, 0.1) is 6.07 Å². The number of rotatable bonds is 5. The summed E-state index contributed by atoms with van der Waals surface area (Å²) in [7, 11) is 0. The molecule has 0 radical (unpaired) electrons. The molecule has 24 heavy (non-hydrogen) atoms. The number of nitrogens with zero attached hydrogens (tertiary/aromatic N) is 2. The lowest BCUT2D eigenvalue weighted by atomic mass is 10.1. The van der Waals surface area contributed by atoms with Crippen LogP contribution in [-0.4, -0.2) is 34.9 Å². The van der Waals surface area contributed by atoms with E-state index in [4.69, 9.17) is 4.42 Å². The number of likely N-dealkylation sites (tertiary alicyclic amines) is 1. The third kappa shape index (κ3) is 3.46. The molecule has 2 heterocycles. The molecule has 126 valence electrons. The van der Waals surface area contributed by atoms with Crippen LogP contribution in [0.15, 0.2) is 46.9 Å². The van der Waals surface area contributed by atoms with Gasteiger partial charge in [-0.15, -0.1) is 0 Å². The maximum atomic E-state index is 12.1. The summed E-state index contributed by atoms with van der Waals surface area (Å²) < 4.78 is 4.94. The van der Waals surface area contributed by atoms with Crippen molar-refractivity contribution < 1.29 is 14.1 Å². The molecule has 1 N–H and O–H groups in total. The smallest absolute Gasteiger partial charge is 0.395 e. The standard InChI is InChI=1S/C17H19N3O4/c1-12(13-5-3-2-4-6-13)19-10-9-14(11-19)18-17(21)15-7-8-16(24-15)20(22)23/h2-8,12,14H,9-11H2,1H3,(H,18,21)/t12-,14+/m1/s1. The van der Waals surface area contributed by atoms with E-state index >= 15 is 0 Å². The topological polar surface area (TPSA) is 88.6 Å². The van der Waals surface area contributed by atoms with Crippen LogP contribution in [0.25, 0.3) is 0 Å². The third-order valence-electron chi connectivity index (χ3n) is 4.38. The van der Waals surface area contributed by atoms with Crippen molar-refractivity contribution in [3.05, 3.63) is 63.9 Å². The molecule has 1 aliphatic heterocycles. The van der Waals surface area contributed by atoms with Gasteiger partial charge in [-0.2, -0.15) is 0 Å². The number of furan rings is 1. The summed E-state index contributed by atoms with van der Waals surface area (Å²) in [5, 5.41) is 13.5. The van der Waals surface area contributed by atoms with Crippen LogP contribution in [0.5, 0.6) is 0 Å². The fraction of sp³-hybridized carbons (Fsp3) is 0.353. The Morgan fingerprint density at radius 1 is 1.33 bits per heavy atom. The van der Waals surface area contributed by atoms with Gasteiger partial charge in [0.1, 0.15) is 4.92 Å². The van der Waals surface area contributed by atoms with Gasteiger partial charge in [0, 0.05) is 25.2 Å². The molecule has 2 aromatic rings. The van der Waals surface area contributed by atoms with Crippen LogP contribution >= 0.6 is 0 Å². The summed E-state index contributed by atoms with van der Waals surface area (Å²) in [6, 6.07) is 13.0. The molecule has 1 aliphatic rings. The van der Waals surface area contributed by atoms with E-state index in [0.717, 1.165) is 19.5 Å². The zero-order valence-electron chi connectivity index (χ0n) is 13.3. The van der Waals surface area contributed by atoms with E-state index in [9.17, 15) is 14.9 Å². The van der Waals surface area contributed by atoms with Gasteiger partial charge >= 0.3 is 5.88 Å². The summed E-state index contributed by atoms with van der Waals surface area (Å²) in [5.41, 5.74) is 1.24. The van der Waals surface area contributed by atoms with Crippen LogP contribution in [-0.2, 0) is 0 Å². The second kappa shape index (κ2) is 6.84. The van der Waals surface area contributed by atoms with Gasteiger partial charge in [-0.3, -0.25) is 19.8 Å². The Kier molecular flexibility index (Phi) is 4.61. The van der Waals surface area contributed by atoms with Crippen LogP contribution in [0.3, 0.4) is 0 Å². The van der Waals surface area contributed by atoms with Crippen molar-refractivity contribution in [3.63, 3.8) is 0 Å². The van der Waals surface area contributed by atoms with E-state index < -0.39 is 16.7 Å². The maximum absolute atomic E-state index is 12.1. The van der Waals surface area contributed by atoms with Crippen molar-refractivity contribution >= 4 is 11.8 Å². The maximum Gasteiger partial charge on any atom is 0.433 e. The van der Waals surface area contributed by atoms with Gasteiger partial charge in [0.15, 0.2) is 5.76 Å². The Labute approximate surface area is 139 Å². The first-order valence-corrected chi connectivity index (χ1v) is 7.88. The second-order valence-electron chi connectivity index (χ2n) is 5.94. The predicted octanol–water partition coefficient (Wildman–Crippen LogP) is 2.75. The molecule has 1 aromatic carbocycles. The predicted molar refractivity (Wildman–Crippen MR) is 87.7 cm³/mol. The third-order valence-corrected chi connectivity index (χ3v) is 4.38. The first-order chi connectivity index (χ1) is 11.5. The van der Waals surface area contributed by atoms with Crippen LogP contribution < -0.4 is 5.32 Å². The highest BCUT2D eigenvalue weighted by Crippen LogP contribution is 2.24. The van der Waals surface area contributed by atoms with Crippen LogP contribution in [0.2, 0.25) is 0 Å². The lowest BCUT2D eigenvalue weighted by Gasteiger charge is -2.24. The molecule has 0 saturated carbocycles. The van der Waals surface area contributed by atoms with Crippen molar-refractivity contribution in [1.29, 1.82) is 0 Å². The number of nitro groups is 1. The molecule has 1 aromatic heterocycles. The zero-order chi connectivity index (χ0) is 17.1. The van der Waals surface area contributed by atoms with Crippen molar-refractivity contribution in [1.82, 2.24) is 10.2 Å². The Morgan fingerprint density at radius 2 is 2.08 bits per heavy atom. The molecule has 1 fully saturated rings. The minimum Gasteiger partial charge on any atom is -0.395 e. The lowest BCUT2D eigenvalue weighted by Crippen LogP contribution is -2.37. The van der Waals surface area contributed by atoms with Gasteiger partial charge in [-0.05, 0) is 25.0 Å². The summed E-state index contributed by atoms with van der Waals surface area (Å²) >= 11 is 0. The van der Waals surface area contributed by atoms with Crippen molar-refractivity contribution in [2.24, 2.45) is 0 Å². The zero-order valence-corrected chi connectivity index (χ0v) is 13.3. The average molecular weight is 329 g/mol. The molecule has 1 amide bonds. The molecule has 0 aliphatic carbocycles. The van der Waals surface area contributed by atoms with Crippen molar-refractivity contribution in [2.75, 3.05) is 13.1 Å². The molecule has 2 atom stereocenters.